The molecule has 0 aromatic rings. The van der Waals surface area contributed by atoms with Crippen LogP contribution in [-0.4, -0.2) is 54.4 Å². The third-order valence-corrected chi connectivity index (χ3v) is 6.58. The first kappa shape index (κ1) is 15.2. The topological polar surface area (TPSA) is 60.9 Å². The van der Waals surface area contributed by atoms with Crippen LogP contribution in [0.15, 0.2) is 0 Å². The maximum atomic E-state index is 12.6. The summed E-state index contributed by atoms with van der Waals surface area (Å²) in [6.07, 6.45) is 2.93. The van der Waals surface area contributed by atoms with Crippen LogP contribution in [0.3, 0.4) is 0 Å². The van der Waals surface area contributed by atoms with Crippen molar-refractivity contribution in [3.8, 4) is 0 Å². The molecular formula is C13H26N2O3S. The second-order valence-corrected chi connectivity index (χ2v) is 7.90. The Bertz CT molecular complexity index is 391. The first-order chi connectivity index (χ1) is 8.95. The number of rotatable bonds is 3. The van der Waals surface area contributed by atoms with Gasteiger partial charge in [0, 0.05) is 26.2 Å². The Hall–Kier alpha value is -0.170. The molecule has 0 radical (unpaired) electrons. The Balaban J connectivity index is 2.03. The summed E-state index contributed by atoms with van der Waals surface area (Å²) in [5, 5.41) is 9.86. The molecule has 5 nitrogen and oxygen atoms in total. The maximum Gasteiger partial charge on any atom is 0.281 e. The lowest BCUT2D eigenvalue weighted by Gasteiger charge is -2.39. The SMILES string of the molecule is CCC1CN(S(=O)(=O)N2CCC(C)CC2)CCC1O. The minimum atomic E-state index is -3.32. The van der Waals surface area contributed by atoms with Crippen LogP contribution in [0.4, 0.5) is 0 Å². The summed E-state index contributed by atoms with van der Waals surface area (Å²) >= 11 is 0. The molecule has 2 atom stereocenters. The van der Waals surface area contributed by atoms with Crippen LogP contribution >= 0.6 is 0 Å². The van der Waals surface area contributed by atoms with E-state index in [9.17, 15) is 13.5 Å². The summed E-state index contributed by atoms with van der Waals surface area (Å²) in [7, 11) is -3.32. The van der Waals surface area contributed by atoms with E-state index in [4.69, 9.17) is 0 Å². The summed E-state index contributed by atoms with van der Waals surface area (Å²) < 4.78 is 28.4. The number of hydrogen-bond donors (Lipinski definition) is 1. The van der Waals surface area contributed by atoms with Gasteiger partial charge in [-0.2, -0.15) is 17.0 Å². The second kappa shape index (κ2) is 6.08. The predicted octanol–water partition coefficient (Wildman–Crippen LogP) is 1.06. The van der Waals surface area contributed by atoms with E-state index in [0.29, 0.717) is 38.5 Å². The molecule has 2 unspecified atom stereocenters. The molecule has 112 valence electrons. The van der Waals surface area contributed by atoms with Gasteiger partial charge in [-0.25, -0.2) is 0 Å². The van der Waals surface area contributed by atoms with Gasteiger partial charge >= 0.3 is 0 Å². The Labute approximate surface area is 116 Å². The minimum absolute atomic E-state index is 0.0761. The molecule has 2 fully saturated rings. The average molecular weight is 290 g/mol. The smallest absolute Gasteiger partial charge is 0.281 e. The molecule has 19 heavy (non-hydrogen) atoms. The van der Waals surface area contributed by atoms with Crippen molar-refractivity contribution in [2.75, 3.05) is 26.2 Å². The molecule has 0 aromatic carbocycles. The highest BCUT2D eigenvalue weighted by atomic mass is 32.2. The highest BCUT2D eigenvalue weighted by Crippen LogP contribution is 2.26. The van der Waals surface area contributed by atoms with Crippen molar-refractivity contribution in [3.63, 3.8) is 0 Å². The van der Waals surface area contributed by atoms with E-state index < -0.39 is 10.2 Å². The largest absolute Gasteiger partial charge is 0.393 e. The van der Waals surface area contributed by atoms with Gasteiger partial charge in [0.2, 0.25) is 0 Å². The number of aliphatic hydroxyl groups is 1. The van der Waals surface area contributed by atoms with E-state index in [-0.39, 0.29) is 12.0 Å². The lowest BCUT2D eigenvalue weighted by molar-refractivity contribution is 0.0497. The Morgan fingerprint density at radius 2 is 1.68 bits per heavy atom. The van der Waals surface area contributed by atoms with Crippen LogP contribution in [0.25, 0.3) is 0 Å². The molecule has 2 aliphatic heterocycles. The number of hydrogen-bond acceptors (Lipinski definition) is 3. The van der Waals surface area contributed by atoms with Crippen molar-refractivity contribution in [2.45, 2.75) is 45.6 Å². The van der Waals surface area contributed by atoms with E-state index in [2.05, 4.69) is 6.92 Å². The molecule has 0 aromatic heterocycles. The normalized spacial score (nSPS) is 32.6. The molecule has 2 saturated heterocycles. The fraction of sp³-hybridized carbons (Fsp3) is 1.00. The van der Waals surface area contributed by atoms with E-state index in [1.54, 1.807) is 8.61 Å². The highest BCUT2D eigenvalue weighted by molar-refractivity contribution is 7.86. The first-order valence-electron chi connectivity index (χ1n) is 7.38. The van der Waals surface area contributed by atoms with E-state index in [0.717, 1.165) is 19.3 Å². The van der Waals surface area contributed by atoms with Gasteiger partial charge in [-0.1, -0.05) is 13.8 Å². The van der Waals surface area contributed by atoms with Crippen molar-refractivity contribution in [1.29, 1.82) is 0 Å². The number of aliphatic hydroxyl groups excluding tert-OH is 1. The molecule has 0 amide bonds. The minimum Gasteiger partial charge on any atom is -0.393 e. The van der Waals surface area contributed by atoms with Crippen LogP contribution in [0.5, 0.6) is 0 Å². The maximum absolute atomic E-state index is 12.6. The van der Waals surface area contributed by atoms with E-state index in [1.807, 2.05) is 6.92 Å². The third kappa shape index (κ3) is 3.29. The van der Waals surface area contributed by atoms with Crippen molar-refractivity contribution < 1.29 is 13.5 Å². The Morgan fingerprint density at radius 3 is 2.26 bits per heavy atom. The Morgan fingerprint density at radius 1 is 1.11 bits per heavy atom. The molecule has 6 heteroatoms. The van der Waals surface area contributed by atoms with Gasteiger partial charge in [0.15, 0.2) is 0 Å². The molecule has 0 bridgehead atoms. The predicted molar refractivity (Wildman–Crippen MR) is 74.9 cm³/mol. The molecule has 2 heterocycles. The van der Waals surface area contributed by atoms with Crippen LogP contribution in [-0.2, 0) is 10.2 Å². The van der Waals surface area contributed by atoms with Crippen LogP contribution in [0.1, 0.15) is 39.5 Å². The van der Waals surface area contributed by atoms with Gasteiger partial charge in [-0.15, -0.1) is 0 Å². The standard InChI is InChI=1S/C13H26N2O3S/c1-3-12-10-15(9-6-13(12)16)19(17,18)14-7-4-11(2)5-8-14/h11-13,16H,3-10H2,1-2H3. The average Bonchev–Trinajstić information content (AvgIpc) is 2.39. The zero-order valence-electron chi connectivity index (χ0n) is 12.0. The van der Waals surface area contributed by atoms with E-state index in [1.165, 1.54) is 0 Å². The molecule has 1 N–H and O–H groups in total. The Kier molecular flexibility index (Phi) is 4.87. The zero-order valence-corrected chi connectivity index (χ0v) is 12.8. The van der Waals surface area contributed by atoms with Crippen LogP contribution in [0.2, 0.25) is 0 Å². The van der Waals surface area contributed by atoms with Crippen molar-refractivity contribution in [3.05, 3.63) is 0 Å². The van der Waals surface area contributed by atoms with Gasteiger partial charge in [0.1, 0.15) is 0 Å². The third-order valence-electron chi connectivity index (χ3n) is 4.58. The fourth-order valence-electron chi connectivity index (χ4n) is 2.98. The highest BCUT2D eigenvalue weighted by Gasteiger charge is 2.37. The van der Waals surface area contributed by atoms with Gasteiger partial charge in [-0.3, -0.25) is 0 Å². The van der Waals surface area contributed by atoms with Gasteiger partial charge in [0.05, 0.1) is 6.10 Å². The molecule has 0 aliphatic carbocycles. The molecule has 2 aliphatic rings. The van der Waals surface area contributed by atoms with Gasteiger partial charge in [-0.05, 0) is 37.5 Å². The number of piperidine rings is 2. The summed E-state index contributed by atoms with van der Waals surface area (Å²) in [5.74, 6) is 0.699. The quantitative estimate of drug-likeness (QED) is 0.845. The summed E-state index contributed by atoms with van der Waals surface area (Å²) in [6, 6.07) is 0. The molecular weight excluding hydrogens is 264 g/mol. The number of nitrogens with zero attached hydrogens (tertiary/aromatic N) is 2. The second-order valence-electron chi connectivity index (χ2n) is 5.97. The van der Waals surface area contributed by atoms with Crippen molar-refractivity contribution >= 4 is 10.2 Å². The lowest BCUT2D eigenvalue weighted by atomic mass is 9.94. The van der Waals surface area contributed by atoms with Gasteiger partial charge < -0.3 is 5.11 Å². The molecule has 0 saturated carbocycles. The zero-order chi connectivity index (χ0) is 14.0. The fourth-order valence-corrected chi connectivity index (χ4v) is 4.69. The first-order valence-corrected chi connectivity index (χ1v) is 8.78. The monoisotopic (exact) mass is 290 g/mol. The van der Waals surface area contributed by atoms with Crippen LogP contribution < -0.4 is 0 Å². The lowest BCUT2D eigenvalue weighted by Crippen LogP contribution is -2.52. The van der Waals surface area contributed by atoms with Gasteiger partial charge in [0.25, 0.3) is 10.2 Å². The van der Waals surface area contributed by atoms with Crippen LogP contribution in [0, 0.1) is 11.8 Å². The van der Waals surface area contributed by atoms with Crippen molar-refractivity contribution in [1.82, 2.24) is 8.61 Å². The molecule has 2 rings (SSSR count). The summed E-state index contributed by atoms with van der Waals surface area (Å²) in [6.45, 7) is 6.37. The molecule has 0 spiro atoms. The summed E-state index contributed by atoms with van der Waals surface area (Å²) in [4.78, 5) is 0. The van der Waals surface area contributed by atoms with E-state index >= 15 is 0 Å². The summed E-state index contributed by atoms with van der Waals surface area (Å²) in [5.41, 5.74) is 0. The van der Waals surface area contributed by atoms with Crippen molar-refractivity contribution in [2.24, 2.45) is 11.8 Å².